The lowest BCUT2D eigenvalue weighted by Gasteiger charge is -2.35. The number of rotatable bonds is 14. The number of hydrogen-bond acceptors (Lipinski definition) is 8. The molecular formula is C62H46O8. The molecule has 8 nitrogen and oxygen atoms in total. The zero-order valence-corrected chi connectivity index (χ0v) is 37.9. The van der Waals surface area contributed by atoms with Crippen LogP contribution in [0, 0.1) is 0 Å². The van der Waals surface area contributed by atoms with Crippen LogP contribution < -0.4 is 18.9 Å². The molecule has 0 unspecified atom stereocenters. The maximum atomic E-state index is 10.2. The summed E-state index contributed by atoms with van der Waals surface area (Å²) in [5.74, 6) is 5.26. The largest absolute Gasteiger partial charge is 0.508 e. The molecule has 0 aliphatic rings. The van der Waals surface area contributed by atoms with E-state index >= 15 is 0 Å². The highest BCUT2D eigenvalue weighted by atomic mass is 16.5. The molecule has 0 atom stereocenters. The van der Waals surface area contributed by atoms with E-state index in [9.17, 15) is 20.4 Å². The molecule has 0 saturated carbocycles. The first-order chi connectivity index (χ1) is 34.1. The Morgan fingerprint density at radius 3 is 0.900 bits per heavy atom. The summed E-state index contributed by atoms with van der Waals surface area (Å²) in [6, 6.07) is 73.4. The van der Waals surface area contributed by atoms with Crippen molar-refractivity contribution in [3.63, 3.8) is 0 Å². The van der Waals surface area contributed by atoms with Gasteiger partial charge in [-0.05, 0) is 191 Å². The summed E-state index contributed by atoms with van der Waals surface area (Å²) in [6.45, 7) is 2.18. The second kappa shape index (κ2) is 19.4. The molecule has 0 aliphatic carbocycles. The van der Waals surface area contributed by atoms with Crippen LogP contribution in [0.25, 0.3) is 33.4 Å². The summed E-state index contributed by atoms with van der Waals surface area (Å²) >= 11 is 0. The molecule has 10 rings (SSSR count). The molecule has 0 aromatic heterocycles. The third-order valence-corrected chi connectivity index (χ3v) is 12.3. The summed E-state index contributed by atoms with van der Waals surface area (Å²) in [5.41, 5.74) is 7.41. The first kappa shape index (κ1) is 44.4. The average Bonchev–Trinajstić information content (AvgIpc) is 3.40. The molecular weight excluding hydrogens is 873 g/mol. The van der Waals surface area contributed by atoms with Crippen molar-refractivity contribution in [3.05, 3.63) is 253 Å². The van der Waals surface area contributed by atoms with E-state index < -0.39 is 5.41 Å². The van der Waals surface area contributed by atoms with Crippen molar-refractivity contribution in [2.75, 3.05) is 0 Å². The zero-order valence-electron chi connectivity index (χ0n) is 37.9. The Morgan fingerprint density at radius 2 is 0.543 bits per heavy atom. The van der Waals surface area contributed by atoms with Crippen LogP contribution in [0.15, 0.2) is 237 Å². The van der Waals surface area contributed by atoms with E-state index in [1.165, 1.54) is 0 Å². The Kier molecular flexibility index (Phi) is 12.3. The summed E-state index contributed by atoms with van der Waals surface area (Å²) in [6.07, 6.45) is 0. The van der Waals surface area contributed by atoms with Crippen molar-refractivity contribution in [2.45, 2.75) is 12.3 Å². The van der Waals surface area contributed by atoms with Gasteiger partial charge in [-0.15, -0.1) is 0 Å². The zero-order chi connectivity index (χ0) is 48.0. The normalized spacial score (nSPS) is 11.2. The molecule has 70 heavy (non-hydrogen) atoms. The molecule has 0 fully saturated rings. The second-order valence-corrected chi connectivity index (χ2v) is 16.9. The second-order valence-electron chi connectivity index (χ2n) is 16.9. The van der Waals surface area contributed by atoms with Gasteiger partial charge >= 0.3 is 0 Å². The number of benzene rings is 10. The van der Waals surface area contributed by atoms with Crippen molar-refractivity contribution in [3.8, 4) is 102 Å². The van der Waals surface area contributed by atoms with Gasteiger partial charge in [0.1, 0.15) is 69.0 Å². The lowest BCUT2D eigenvalue weighted by Crippen LogP contribution is -2.27. The predicted octanol–water partition coefficient (Wildman–Crippen LogP) is 16.0. The van der Waals surface area contributed by atoms with E-state index in [2.05, 4.69) is 55.5 Å². The fourth-order valence-electron chi connectivity index (χ4n) is 8.47. The number of aromatic hydroxyl groups is 4. The van der Waals surface area contributed by atoms with Gasteiger partial charge in [-0.3, -0.25) is 0 Å². The highest BCUT2D eigenvalue weighted by Crippen LogP contribution is 2.50. The number of ether oxygens (including phenoxy) is 4. The average molecular weight is 919 g/mol. The van der Waals surface area contributed by atoms with Gasteiger partial charge in [0.2, 0.25) is 0 Å². The number of phenols is 4. The van der Waals surface area contributed by atoms with Crippen molar-refractivity contribution in [1.82, 2.24) is 0 Å². The predicted molar refractivity (Wildman–Crippen MR) is 274 cm³/mol. The third kappa shape index (κ3) is 9.83. The highest BCUT2D eigenvalue weighted by molar-refractivity contribution is 5.74. The molecule has 0 spiro atoms. The van der Waals surface area contributed by atoms with Crippen molar-refractivity contribution in [2.24, 2.45) is 0 Å². The summed E-state index contributed by atoms with van der Waals surface area (Å²) < 4.78 is 25.9. The van der Waals surface area contributed by atoms with Gasteiger partial charge in [-0.2, -0.15) is 0 Å². The highest BCUT2D eigenvalue weighted by Gasteiger charge is 2.38. The minimum Gasteiger partial charge on any atom is -0.508 e. The van der Waals surface area contributed by atoms with Crippen LogP contribution >= 0.6 is 0 Å². The summed E-state index contributed by atoms with van der Waals surface area (Å²) in [7, 11) is 0. The van der Waals surface area contributed by atoms with Crippen molar-refractivity contribution in [1.29, 1.82) is 0 Å². The minimum atomic E-state index is -1.01. The van der Waals surface area contributed by atoms with Crippen LogP contribution in [-0.2, 0) is 5.41 Å². The topological polar surface area (TPSA) is 118 Å². The Hall–Kier alpha value is -9.40. The van der Waals surface area contributed by atoms with Gasteiger partial charge in [-0.1, -0.05) is 91.0 Å². The first-order valence-corrected chi connectivity index (χ1v) is 22.7. The van der Waals surface area contributed by atoms with Gasteiger partial charge in [-0.25, -0.2) is 0 Å². The summed E-state index contributed by atoms with van der Waals surface area (Å²) in [4.78, 5) is 0. The molecule has 10 aromatic carbocycles. The van der Waals surface area contributed by atoms with Crippen LogP contribution in [0.1, 0.15) is 23.6 Å². The van der Waals surface area contributed by atoms with Gasteiger partial charge in [0.15, 0.2) is 0 Å². The van der Waals surface area contributed by atoms with E-state index in [-0.39, 0.29) is 23.0 Å². The first-order valence-electron chi connectivity index (χ1n) is 22.7. The molecule has 0 saturated heterocycles. The molecule has 10 aromatic rings. The quantitative estimate of drug-likeness (QED) is 0.0797. The molecule has 0 amide bonds. The monoisotopic (exact) mass is 918 g/mol. The molecule has 4 N–H and O–H groups in total. The minimum absolute atomic E-state index is 0.122. The van der Waals surface area contributed by atoms with Crippen LogP contribution in [0.3, 0.4) is 0 Å². The maximum Gasteiger partial charge on any atom is 0.131 e. The van der Waals surface area contributed by atoms with Gasteiger partial charge in [0.05, 0.1) is 0 Å². The molecule has 0 aliphatic heterocycles. The molecule has 0 radical (unpaired) electrons. The van der Waals surface area contributed by atoms with Crippen molar-refractivity contribution >= 4 is 0 Å². The number of hydrogen-bond donors (Lipinski definition) is 4. The van der Waals surface area contributed by atoms with Gasteiger partial charge in [0, 0.05) is 16.5 Å². The van der Waals surface area contributed by atoms with Gasteiger partial charge < -0.3 is 39.4 Å². The lowest BCUT2D eigenvalue weighted by molar-refractivity contribution is 0.446. The maximum absolute atomic E-state index is 10.2. The van der Waals surface area contributed by atoms with E-state index in [4.69, 9.17) is 18.9 Å². The van der Waals surface area contributed by atoms with Crippen LogP contribution in [0.5, 0.6) is 69.0 Å². The molecule has 0 bridgehead atoms. The fourth-order valence-corrected chi connectivity index (χ4v) is 8.47. The molecule has 342 valence electrons. The van der Waals surface area contributed by atoms with E-state index in [1.54, 1.807) is 97.1 Å². The Balaban J connectivity index is 1.15. The third-order valence-electron chi connectivity index (χ3n) is 12.3. The SMILES string of the molecule is CC(c1ccc(-c2ccccc2)cc1)(c1cc(-c2ccc(Oc3ccc(O)cc3)cc2)ccc1Oc1ccc(O)cc1)c1cc(-c2ccc(Oc3ccc(O)cc3)cc2)ccc1Oc1ccc(O)cc1. The molecule has 8 heteroatoms. The standard InChI is InChI=1S/C62H46O8/c1-62(47-15-7-42(8-16-47)41-5-3-2-4-6-41,58-39-45(13-37-60(58)69-56-33-21-50(65)22-34-56)43-9-25-52(26-10-43)67-54-29-17-48(63)18-30-54)59-40-46(14-38-61(59)70-57-35-23-51(66)24-36-57)44-11-27-53(28-12-44)68-55-31-19-49(64)20-32-55/h2-40,63-66H,1H3. The van der Waals surface area contributed by atoms with Gasteiger partial charge in [0.25, 0.3) is 0 Å². The molecule has 0 heterocycles. The Labute approximate surface area is 405 Å². The fraction of sp³-hybridized carbons (Fsp3) is 0.0323. The number of phenolic OH excluding ortho intramolecular Hbond substituents is 4. The lowest BCUT2D eigenvalue weighted by atomic mass is 9.69. The van der Waals surface area contributed by atoms with Crippen molar-refractivity contribution < 1.29 is 39.4 Å². The van der Waals surface area contributed by atoms with Crippen LogP contribution in [0.4, 0.5) is 0 Å². The summed E-state index contributed by atoms with van der Waals surface area (Å²) in [5, 5.41) is 40.1. The van der Waals surface area contributed by atoms with Crippen LogP contribution in [0.2, 0.25) is 0 Å². The van der Waals surface area contributed by atoms with E-state index in [0.29, 0.717) is 46.0 Å². The smallest absolute Gasteiger partial charge is 0.131 e. The van der Waals surface area contributed by atoms with E-state index in [1.807, 2.05) is 91.0 Å². The van der Waals surface area contributed by atoms with E-state index in [0.717, 1.165) is 50.1 Å². The Morgan fingerprint density at radius 1 is 0.271 bits per heavy atom. The van der Waals surface area contributed by atoms with Crippen LogP contribution in [-0.4, -0.2) is 20.4 Å². The Bertz CT molecular complexity index is 3170.